The number of hydrogen-bond donors (Lipinski definition) is 1. The van der Waals surface area contributed by atoms with Crippen LogP contribution in [0.25, 0.3) is 10.9 Å². The van der Waals surface area contributed by atoms with Crippen LogP contribution in [-0.2, 0) is 6.54 Å². The zero-order valence-electron chi connectivity index (χ0n) is 12.5. The molecule has 0 aliphatic rings. The van der Waals surface area contributed by atoms with E-state index in [0.717, 1.165) is 61.3 Å². The van der Waals surface area contributed by atoms with E-state index >= 15 is 0 Å². The summed E-state index contributed by atoms with van der Waals surface area (Å²) in [5, 5.41) is 4.49. The van der Waals surface area contributed by atoms with Gasteiger partial charge in [0.25, 0.3) is 0 Å². The third-order valence-electron chi connectivity index (χ3n) is 3.22. The molecule has 0 spiro atoms. The minimum Gasteiger partial charge on any atom is -0.493 e. The maximum absolute atomic E-state index is 5.94. The molecule has 2 aromatic rings. The van der Waals surface area contributed by atoms with Gasteiger partial charge < -0.3 is 10.1 Å². The molecule has 0 aliphatic heterocycles. The molecule has 20 heavy (non-hydrogen) atoms. The van der Waals surface area contributed by atoms with Crippen molar-refractivity contribution in [2.75, 3.05) is 13.2 Å². The van der Waals surface area contributed by atoms with E-state index in [0.29, 0.717) is 0 Å². The van der Waals surface area contributed by atoms with Crippen LogP contribution in [0.2, 0.25) is 0 Å². The van der Waals surface area contributed by atoms with Crippen LogP contribution in [0.15, 0.2) is 30.3 Å². The van der Waals surface area contributed by atoms with Gasteiger partial charge in [0.15, 0.2) is 0 Å². The summed E-state index contributed by atoms with van der Waals surface area (Å²) >= 11 is 0. The lowest BCUT2D eigenvalue weighted by atomic mass is 10.2. The highest BCUT2D eigenvalue weighted by Gasteiger charge is 2.06. The highest BCUT2D eigenvalue weighted by molar-refractivity contribution is 5.85. The second-order valence-corrected chi connectivity index (χ2v) is 5.01. The third kappa shape index (κ3) is 3.94. The zero-order valence-corrected chi connectivity index (χ0v) is 12.5. The van der Waals surface area contributed by atoms with Gasteiger partial charge >= 0.3 is 0 Å². The molecule has 1 N–H and O–H groups in total. The van der Waals surface area contributed by atoms with Crippen molar-refractivity contribution in [1.82, 2.24) is 10.3 Å². The monoisotopic (exact) mass is 272 g/mol. The summed E-state index contributed by atoms with van der Waals surface area (Å²) in [5.41, 5.74) is 2.05. The molecule has 1 aromatic heterocycles. The first-order valence-corrected chi connectivity index (χ1v) is 7.57. The molecule has 2 rings (SSSR count). The van der Waals surface area contributed by atoms with Gasteiger partial charge in [0.05, 0.1) is 17.8 Å². The Morgan fingerprint density at radius 1 is 1.15 bits per heavy atom. The van der Waals surface area contributed by atoms with Crippen molar-refractivity contribution < 1.29 is 4.74 Å². The van der Waals surface area contributed by atoms with Crippen LogP contribution in [0.3, 0.4) is 0 Å². The van der Waals surface area contributed by atoms with Gasteiger partial charge in [-0.05, 0) is 31.5 Å². The number of benzene rings is 1. The maximum atomic E-state index is 5.94. The molecule has 0 amide bonds. The summed E-state index contributed by atoms with van der Waals surface area (Å²) in [7, 11) is 0. The molecule has 3 nitrogen and oxygen atoms in total. The zero-order chi connectivity index (χ0) is 14.2. The molecule has 0 radical (unpaired) electrons. The Morgan fingerprint density at radius 3 is 2.80 bits per heavy atom. The number of hydrogen-bond acceptors (Lipinski definition) is 3. The van der Waals surface area contributed by atoms with Crippen LogP contribution in [-0.4, -0.2) is 18.1 Å². The Kier molecular flexibility index (Phi) is 5.81. The topological polar surface area (TPSA) is 34.1 Å². The van der Waals surface area contributed by atoms with Gasteiger partial charge in [-0.15, -0.1) is 0 Å². The van der Waals surface area contributed by atoms with Crippen LogP contribution in [0, 0.1) is 0 Å². The minimum atomic E-state index is 0.770. The highest BCUT2D eigenvalue weighted by Crippen LogP contribution is 2.25. The van der Waals surface area contributed by atoms with Crippen LogP contribution in [0.5, 0.6) is 5.75 Å². The van der Waals surface area contributed by atoms with Crippen LogP contribution in [0.4, 0.5) is 0 Å². The van der Waals surface area contributed by atoms with Crippen LogP contribution < -0.4 is 10.1 Å². The van der Waals surface area contributed by atoms with Crippen molar-refractivity contribution in [1.29, 1.82) is 0 Å². The Bertz CT molecular complexity index is 540. The second-order valence-electron chi connectivity index (χ2n) is 5.01. The van der Waals surface area contributed by atoms with Gasteiger partial charge in [0.2, 0.25) is 0 Å². The van der Waals surface area contributed by atoms with Gasteiger partial charge in [-0.25, -0.2) is 0 Å². The van der Waals surface area contributed by atoms with Gasteiger partial charge in [0, 0.05) is 18.0 Å². The second kappa shape index (κ2) is 7.85. The molecule has 3 heteroatoms. The molecule has 0 aliphatic carbocycles. The molecule has 0 atom stereocenters. The predicted octanol–water partition coefficient (Wildman–Crippen LogP) is 3.91. The summed E-state index contributed by atoms with van der Waals surface area (Å²) in [6.45, 7) is 6.92. The molecule has 0 fully saturated rings. The summed E-state index contributed by atoms with van der Waals surface area (Å²) < 4.78 is 5.94. The van der Waals surface area contributed by atoms with E-state index in [2.05, 4.69) is 31.3 Å². The fraction of sp³-hybridized carbons (Fsp3) is 0.471. The first-order chi connectivity index (χ1) is 9.85. The van der Waals surface area contributed by atoms with E-state index in [-0.39, 0.29) is 0 Å². The molecule has 0 saturated heterocycles. The lowest BCUT2D eigenvalue weighted by molar-refractivity contribution is 0.312. The standard InChI is InChI=1S/C17H24N2O/c1-3-5-11-20-17-12-14(13-18-10-4-2)19-16-9-7-6-8-15(16)17/h6-9,12,18H,3-5,10-11,13H2,1-2H3. The largest absolute Gasteiger partial charge is 0.493 e. The van der Waals surface area contributed by atoms with E-state index in [1.807, 2.05) is 18.2 Å². The average molecular weight is 272 g/mol. The summed E-state index contributed by atoms with van der Waals surface area (Å²) in [4.78, 5) is 4.69. The number of nitrogens with zero attached hydrogens (tertiary/aromatic N) is 1. The van der Waals surface area contributed by atoms with Gasteiger partial charge in [-0.2, -0.15) is 0 Å². The predicted molar refractivity (Wildman–Crippen MR) is 84.1 cm³/mol. The normalized spacial score (nSPS) is 10.9. The van der Waals surface area contributed by atoms with E-state index in [9.17, 15) is 0 Å². The molecule has 0 saturated carbocycles. The third-order valence-corrected chi connectivity index (χ3v) is 3.22. The lowest BCUT2D eigenvalue weighted by Gasteiger charge is -2.11. The molecule has 0 bridgehead atoms. The summed E-state index contributed by atoms with van der Waals surface area (Å²) in [6.07, 6.45) is 3.36. The number of para-hydroxylation sites is 1. The Hall–Kier alpha value is -1.61. The molecular weight excluding hydrogens is 248 g/mol. The molecular formula is C17H24N2O. The van der Waals surface area contributed by atoms with Crippen molar-refractivity contribution in [3.8, 4) is 5.75 Å². The molecule has 108 valence electrons. The lowest BCUT2D eigenvalue weighted by Crippen LogP contribution is -2.15. The van der Waals surface area contributed by atoms with E-state index in [1.165, 1.54) is 0 Å². The number of unbranched alkanes of at least 4 members (excludes halogenated alkanes) is 1. The van der Waals surface area contributed by atoms with Gasteiger partial charge in [0.1, 0.15) is 5.75 Å². The number of nitrogens with one attached hydrogen (secondary N) is 1. The SMILES string of the molecule is CCCCOc1cc(CNCCC)nc2ccccc12. The van der Waals surface area contributed by atoms with Crippen molar-refractivity contribution in [2.45, 2.75) is 39.7 Å². The summed E-state index contributed by atoms with van der Waals surface area (Å²) in [6, 6.07) is 10.2. The molecule has 1 heterocycles. The van der Waals surface area contributed by atoms with E-state index in [4.69, 9.17) is 9.72 Å². The Labute approximate surface area is 121 Å². The Balaban J connectivity index is 2.21. The van der Waals surface area contributed by atoms with Crippen molar-refractivity contribution in [3.63, 3.8) is 0 Å². The number of fused-ring (bicyclic) bond motifs is 1. The van der Waals surface area contributed by atoms with E-state index < -0.39 is 0 Å². The minimum absolute atomic E-state index is 0.770. The number of rotatable bonds is 8. The average Bonchev–Trinajstić information content (AvgIpc) is 2.48. The number of aromatic nitrogens is 1. The van der Waals surface area contributed by atoms with Crippen LogP contribution in [0.1, 0.15) is 38.8 Å². The van der Waals surface area contributed by atoms with Gasteiger partial charge in [-0.3, -0.25) is 4.98 Å². The maximum Gasteiger partial charge on any atom is 0.130 e. The van der Waals surface area contributed by atoms with Gasteiger partial charge in [-0.1, -0.05) is 32.4 Å². The Morgan fingerprint density at radius 2 is 2.00 bits per heavy atom. The highest BCUT2D eigenvalue weighted by atomic mass is 16.5. The summed E-state index contributed by atoms with van der Waals surface area (Å²) in [5.74, 6) is 0.956. The van der Waals surface area contributed by atoms with Crippen LogP contribution >= 0.6 is 0 Å². The quantitative estimate of drug-likeness (QED) is 0.740. The van der Waals surface area contributed by atoms with E-state index in [1.54, 1.807) is 0 Å². The molecule has 1 aromatic carbocycles. The fourth-order valence-electron chi connectivity index (χ4n) is 2.13. The first kappa shape index (κ1) is 14.8. The molecule has 0 unspecified atom stereocenters. The smallest absolute Gasteiger partial charge is 0.130 e. The fourth-order valence-corrected chi connectivity index (χ4v) is 2.13. The van der Waals surface area contributed by atoms with Crippen molar-refractivity contribution in [2.24, 2.45) is 0 Å². The number of ether oxygens (including phenoxy) is 1. The van der Waals surface area contributed by atoms with Crippen molar-refractivity contribution >= 4 is 10.9 Å². The first-order valence-electron chi connectivity index (χ1n) is 7.57. The van der Waals surface area contributed by atoms with Crippen molar-refractivity contribution in [3.05, 3.63) is 36.0 Å². The number of pyridine rings is 1.